The van der Waals surface area contributed by atoms with E-state index in [1.165, 1.54) is 0 Å². The molecule has 2 aromatic rings. The van der Waals surface area contributed by atoms with Crippen LogP contribution < -0.4 is 5.32 Å². The maximum absolute atomic E-state index is 6.09. The second-order valence-corrected chi connectivity index (χ2v) is 6.74. The second kappa shape index (κ2) is 9.97. The smallest absolute Gasteiger partial charge is 0.194 e. The minimum absolute atomic E-state index is 0.592. The number of rotatable bonds is 8. The van der Waals surface area contributed by atoms with Gasteiger partial charge in [0.1, 0.15) is 12.2 Å². The number of aromatic nitrogens is 3. The summed E-state index contributed by atoms with van der Waals surface area (Å²) in [5.74, 6) is 1.82. The first-order valence-electron chi connectivity index (χ1n) is 8.74. The Morgan fingerprint density at radius 3 is 2.92 bits per heavy atom. The average Bonchev–Trinajstić information content (AvgIpc) is 3.05. The summed E-state index contributed by atoms with van der Waals surface area (Å²) < 4.78 is 2.06. The van der Waals surface area contributed by atoms with Crippen LogP contribution >= 0.6 is 11.6 Å². The Morgan fingerprint density at radius 1 is 1.42 bits per heavy atom. The Kier molecular flexibility index (Phi) is 7.66. The van der Waals surface area contributed by atoms with Gasteiger partial charge in [-0.1, -0.05) is 42.8 Å². The first-order valence-corrected chi connectivity index (χ1v) is 9.12. The molecule has 26 heavy (non-hydrogen) atoms. The number of hydrogen-bond donors (Lipinski definition) is 1. The molecule has 140 valence electrons. The van der Waals surface area contributed by atoms with Crippen LogP contribution in [-0.4, -0.2) is 45.8 Å². The molecule has 0 amide bonds. The maximum atomic E-state index is 6.09. The van der Waals surface area contributed by atoms with Gasteiger partial charge in [-0.3, -0.25) is 0 Å². The zero-order valence-corrected chi connectivity index (χ0v) is 16.5. The average molecular weight is 375 g/mol. The predicted octanol–water partition coefficient (Wildman–Crippen LogP) is 3.15. The van der Waals surface area contributed by atoms with Gasteiger partial charge >= 0.3 is 0 Å². The molecular weight excluding hydrogens is 348 g/mol. The third-order valence-electron chi connectivity index (χ3n) is 3.82. The summed E-state index contributed by atoms with van der Waals surface area (Å²) in [5, 5.41) is 12.2. The number of nitrogens with one attached hydrogen (secondary N) is 1. The van der Waals surface area contributed by atoms with Gasteiger partial charge in [-0.25, -0.2) is 4.99 Å². The number of guanidine groups is 1. The summed E-state index contributed by atoms with van der Waals surface area (Å²) >= 11 is 6.09. The van der Waals surface area contributed by atoms with E-state index in [2.05, 4.69) is 49.5 Å². The minimum atomic E-state index is 0.592. The van der Waals surface area contributed by atoms with Crippen LogP contribution in [0.5, 0.6) is 0 Å². The second-order valence-electron chi connectivity index (χ2n) is 6.30. The van der Waals surface area contributed by atoms with Gasteiger partial charge in [0.05, 0.1) is 6.54 Å². The summed E-state index contributed by atoms with van der Waals surface area (Å²) in [6, 6.07) is 7.87. The summed E-state index contributed by atoms with van der Waals surface area (Å²) in [4.78, 5) is 6.75. The lowest BCUT2D eigenvalue weighted by molar-refractivity contribution is 0.471. The SMILES string of the molecule is C=C(C)CN=C(NCCn1cnnc1CC)N(C)Cc1cccc(Cl)c1. The van der Waals surface area contributed by atoms with E-state index in [0.29, 0.717) is 6.54 Å². The highest BCUT2D eigenvalue weighted by molar-refractivity contribution is 6.30. The van der Waals surface area contributed by atoms with Crippen LogP contribution in [0.4, 0.5) is 0 Å². The molecule has 0 spiro atoms. The highest BCUT2D eigenvalue weighted by Crippen LogP contribution is 2.12. The molecule has 0 atom stereocenters. The highest BCUT2D eigenvalue weighted by atomic mass is 35.5. The molecule has 0 aliphatic carbocycles. The molecule has 6 nitrogen and oxygen atoms in total. The van der Waals surface area contributed by atoms with Crippen LogP contribution in [0.1, 0.15) is 25.2 Å². The van der Waals surface area contributed by atoms with Crippen molar-refractivity contribution in [1.29, 1.82) is 0 Å². The molecule has 7 heteroatoms. The van der Waals surface area contributed by atoms with Crippen LogP contribution in [0.25, 0.3) is 0 Å². The molecule has 2 rings (SSSR count). The van der Waals surface area contributed by atoms with Crippen molar-refractivity contribution >= 4 is 17.6 Å². The molecule has 1 aromatic heterocycles. The molecule has 0 unspecified atom stereocenters. The van der Waals surface area contributed by atoms with E-state index < -0.39 is 0 Å². The summed E-state index contributed by atoms with van der Waals surface area (Å²) in [6.45, 7) is 10.8. The van der Waals surface area contributed by atoms with Gasteiger partial charge in [0.15, 0.2) is 5.96 Å². The third kappa shape index (κ3) is 6.19. The largest absolute Gasteiger partial charge is 0.354 e. The molecule has 0 fully saturated rings. The van der Waals surface area contributed by atoms with Crippen molar-refractivity contribution < 1.29 is 0 Å². The number of halogens is 1. The first kappa shape index (κ1) is 20.0. The summed E-state index contributed by atoms with van der Waals surface area (Å²) in [6.07, 6.45) is 2.63. The highest BCUT2D eigenvalue weighted by Gasteiger charge is 2.08. The van der Waals surface area contributed by atoms with Gasteiger partial charge in [0, 0.05) is 38.1 Å². The normalized spacial score (nSPS) is 11.5. The van der Waals surface area contributed by atoms with Crippen LogP contribution in [0.15, 0.2) is 47.7 Å². The van der Waals surface area contributed by atoms with E-state index in [1.807, 2.05) is 32.2 Å². The Hall–Kier alpha value is -2.34. The van der Waals surface area contributed by atoms with E-state index >= 15 is 0 Å². The fraction of sp³-hybridized carbons (Fsp3) is 0.421. The van der Waals surface area contributed by atoms with Crippen LogP contribution in [0, 0.1) is 0 Å². The van der Waals surface area contributed by atoms with Gasteiger partial charge < -0.3 is 14.8 Å². The molecular formula is C19H27ClN6. The van der Waals surface area contributed by atoms with Crippen LogP contribution in [-0.2, 0) is 19.5 Å². The Morgan fingerprint density at radius 2 is 2.23 bits per heavy atom. The number of benzene rings is 1. The van der Waals surface area contributed by atoms with Crippen molar-refractivity contribution in [1.82, 2.24) is 25.0 Å². The first-order chi connectivity index (χ1) is 12.5. The van der Waals surface area contributed by atoms with Gasteiger partial charge in [0.25, 0.3) is 0 Å². The standard InChI is InChI=1S/C19H27ClN6/c1-5-18-24-23-14-26(18)10-9-21-19(22-12-15(2)3)25(4)13-16-7-6-8-17(20)11-16/h6-8,11,14H,2,5,9-10,12-13H2,1,3-4H3,(H,21,22). The minimum Gasteiger partial charge on any atom is -0.354 e. The molecule has 1 aromatic carbocycles. The van der Waals surface area contributed by atoms with E-state index in [4.69, 9.17) is 11.6 Å². The fourth-order valence-electron chi connectivity index (χ4n) is 2.53. The molecule has 0 saturated heterocycles. The topological polar surface area (TPSA) is 58.3 Å². The number of hydrogen-bond acceptors (Lipinski definition) is 3. The van der Waals surface area contributed by atoms with Crippen molar-refractivity contribution in [2.75, 3.05) is 20.1 Å². The monoisotopic (exact) mass is 374 g/mol. The number of aryl methyl sites for hydroxylation is 1. The zero-order chi connectivity index (χ0) is 18.9. The lowest BCUT2D eigenvalue weighted by atomic mass is 10.2. The van der Waals surface area contributed by atoms with E-state index in [9.17, 15) is 0 Å². The fourth-order valence-corrected chi connectivity index (χ4v) is 2.75. The Labute approximate surface area is 160 Å². The summed E-state index contributed by atoms with van der Waals surface area (Å²) in [5.41, 5.74) is 2.16. The lowest BCUT2D eigenvalue weighted by Crippen LogP contribution is -2.40. The molecule has 0 bridgehead atoms. The quantitative estimate of drug-likeness (QED) is 0.438. The summed E-state index contributed by atoms with van der Waals surface area (Å²) in [7, 11) is 2.02. The van der Waals surface area contributed by atoms with Crippen LogP contribution in [0.2, 0.25) is 5.02 Å². The lowest BCUT2D eigenvalue weighted by Gasteiger charge is -2.23. The van der Waals surface area contributed by atoms with Crippen molar-refractivity contribution in [3.05, 3.63) is 59.2 Å². The number of nitrogens with zero attached hydrogens (tertiary/aromatic N) is 5. The van der Waals surface area contributed by atoms with Crippen molar-refractivity contribution in [2.24, 2.45) is 4.99 Å². The Balaban J connectivity index is 2.00. The predicted molar refractivity (Wildman–Crippen MR) is 107 cm³/mol. The number of aliphatic imine (C=N–C) groups is 1. The zero-order valence-electron chi connectivity index (χ0n) is 15.7. The molecule has 1 N–H and O–H groups in total. The molecule has 0 saturated carbocycles. The van der Waals surface area contributed by atoms with E-state index in [-0.39, 0.29) is 0 Å². The van der Waals surface area contributed by atoms with Crippen molar-refractivity contribution in [3.8, 4) is 0 Å². The van der Waals surface area contributed by atoms with Crippen LogP contribution in [0.3, 0.4) is 0 Å². The van der Waals surface area contributed by atoms with Crippen molar-refractivity contribution in [2.45, 2.75) is 33.4 Å². The third-order valence-corrected chi connectivity index (χ3v) is 4.05. The molecule has 0 aliphatic rings. The maximum Gasteiger partial charge on any atom is 0.194 e. The van der Waals surface area contributed by atoms with Gasteiger partial charge in [-0.15, -0.1) is 10.2 Å². The van der Waals surface area contributed by atoms with E-state index in [0.717, 1.165) is 54.0 Å². The van der Waals surface area contributed by atoms with Crippen molar-refractivity contribution in [3.63, 3.8) is 0 Å². The molecule has 0 aliphatic heterocycles. The molecule has 0 radical (unpaired) electrons. The van der Waals surface area contributed by atoms with Gasteiger partial charge in [0.2, 0.25) is 0 Å². The Bertz CT molecular complexity index is 752. The van der Waals surface area contributed by atoms with Gasteiger partial charge in [-0.2, -0.15) is 0 Å². The molecule has 1 heterocycles. The van der Waals surface area contributed by atoms with E-state index in [1.54, 1.807) is 6.33 Å². The van der Waals surface area contributed by atoms with Gasteiger partial charge in [-0.05, 0) is 24.6 Å².